The van der Waals surface area contributed by atoms with Crippen molar-refractivity contribution in [3.8, 4) is 33.7 Å². The second-order valence-corrected chi connectivity index (χ2v) is 4.91. The minimum atomic E-state index is 0.253. The van der Waals surface area contributed by atoms with Crippen LogP contribution in [0.4, 0.5) is 0 Å². The van der Waals surface area contributed by atoms with Crippen LogP contribution in [-0.2, 0) is 0 Å². The van der Waals surface area contributed by atoms with E-state index >= 15 is 0 Å². The normalized spacial score (nSPS) is 12.8. The monoisotopic (exact) mass is 272 g/mol. The number of hydrogen-bond acceptors (Lipinski definition) is 6. The van der Waals surface area contributed by atoms with Crippen molar-refractivity contribution in [2.24, 2.45) is 0 Å². The Morgan fingerprint density at radius 3 is 2.79 bits per heavy atom. The first-order valence-electron chi connectivity index (χ1n) is 5.67. The van der Waals surface area contributed by atoms with E-state index in [1.165, 1.54) is 0 Å². The summed E-state index contributed by atoms with van der Waals surface area (Å²) in [5.74, 6) is 2.44. The van der Waals surface area contributed by atoms with E-state index in [0.29, 0.717) is 17.5 Å². The van der Waals surface area contributed by atoms with Crippen LogP contribution < -0.4 is 9.47 Å². The molecule has 3 heterocycles. The maximum atomic E-state index is 5.67. The van der Waals surface area contributed by atoms with Gasteiger partial charge in [0, 0.05) is 5.56 Å². The number of fused-ring (bicyclic) bond motifs is 1. The van der Waals surface area contributed by atoms with E-state index < -0.39 is 0 Å². The van der Waals surface area contributed by atoms with Crippen LogP contribution in [0.15, 0.2) is 40.1 Å². The van der Waals surface area contributed by atoms with Gasteiger partial charge in [-0.3, -0.25) is 0 Å². The third-order valence-electron chi connectivity index (χ3n) is 2.78. The molecule has 94 valence electrons. The Kier molecular flexibility index (Phi) is 2.28. The molecule has 2 aromatic heterocycles. The van der Waals surface area contributed by atoms with Gasteiger partial charge in [0.15, 0.2) is 11.5 Å². The summed E-state index contributed by atoms with van der Waals surface area (Å²) in [6.07, 6.45) is 0. The van der Waals surface area contributed by atoms with Gasteiger partial charge in [0.25, 0.3) is 5.89 Å². The van der Waals surface area contributed by atoms with Crippen molar-refractivity contribution in [2.75, 3.05) is 6.79 Å². The van der Waals surface area contributed by atoms with Crippen molar-refractivity contribution >= 4 is 11.3 Å². The summed E-state index contributed by atoms with van der Waals surface area (Å²) in [4.78, 5) is 0.958. The van der Waals surface area contributed by atoms with Crippen LogP contribution in [0.1, 0.15) is 0 Å². The second-order valence-electron chi connectivity index (χ2n) is 3.96. The van der Waals surface area contributed by atoms with Crippen molar-refractivity contribution < 1.29 is 13.9 Å². The number of aromatic nitrogens is 2. The van der Waals surface area contributed by atoms with E-state index in [0.717, 1.165) is 16.2 Å². The summed E-state index contributed by atoms with van der Waals surface area (Å²) in [5.41, 5.74) is 0.819. The van der Waals surface area contributed by atoms with E-state index in [1.54, 1.807) is 11.3 Å². The predicted octanol–water partition coefficient (Wildman–Crippen LogP) is 3.19. The molecule has 0 saturated heterocycles. The Bertz CT molecular complexity index is 721. The van der Waals surface area contributed by atoms with E-state index in [9.17, 15) is 0 Å². The summed E-state index contributed by atoms with van der Waals surface area (Å²) >= 11 is 1.56. The van der Waals surface area contributed by atoms with Crippen molar-refractivity contribution in [1.29, 1.82) is 0 Å². The van der Waals surface area contributed by atoms with Gasteiger partial charge in [-0.25, -0.2) is 0 Å². The Balaban J connectivity index is 1.73. The number of hydrogen-bond donors (Lipinski definition) is 0. The summed E-state index contributed by atoms with van der Waals surface area (Å²) in [6, 6.07) is 9.45. The van der Waals surface area contributed by atoms with E-state index in [-0.39, 0.29) is 6.79 Å². The van der Waals surface area contributed by atoms with Crippen LogP contribution in [0.25, 0.3) is 22.2 Å². The lowest BCUT2D eigenvalue weighted by Crippen LogP contribution is -1.92. The Morgan fingerprint density at radius 2 is 1.89 bits per heavy atom. The van der Waals surface area contributed by atoms with Crippen LogP contribution >= 0.6 is 11.3 Å². The van der Waals surface area contributed by atoms with E-state index in [1.807, 2.05) is 35.7 Å². The van der Waals surface area contributed by atoms with Crippen LogP contribution in [0, 0.1) is 0 Å². The summed E-state index contributed by atoms with van der Waals surface area (Å²) in [7, 11) is 0. The molecular weight excluding hydrogens is 264 g/mol. The van der Waals surface area contributed by atoms with Crippen LogP contribution in [0.5, 0.6) is 11.5 Å². The molecule has 0 aliphatic carbocycles. The van der Waals surface area contributed by atoms with Gasteiger partial charge in [-0.15, -0.1) is 21.5 Å². The van der Waals surface area contributed by atoms with Gasteiger partial charge < -0.3 is 13.9 Å². The fourth-order valence-electron chi connectivity index (χ4n) is 1.87. The number of benzene rings is 1. The summed E-state index contributed by atoms with van der Waals surface area (Å²) < 4.78 is 16.3. The predicted molar refractivity (Wildman–Crippen MR) is 69.2 cm³/mol. The zero-order valence-electron chi connectivity index (χ0n) is 9.70. The molecule has 1 aromatic carbocycles. The molecular formula is C13H8N2O3S. The van der Waals surface area contributed by atoms with E-state index in [4.69, 9.17) is 13.9 Å². The maximum absolute atomic E-state index is 5.67. The van der Waals surface area contributed by atoms with Crippen molar-refractivity contribution in [1.82, 2.24) is 10.2 Å². The number of ether oxygens (including phenoxy) is 2. The van der Waals surface area contributed by atoms with Gasteiger partial charge in [0.1, 0.15) is 0 Å². The standard InChI is InChI=1S/C13H8N2O3S/c1-2-11(19-5-1)13-15-14-12(18-13)8-3-4-9-10(6-8)17-7-16-9/h1-6H,7H2. The fourth-order valence-corrected chi connectivity index (χ4v) is 2.51. The molecule has 1 aliphatic heterocycles. The third kappa shape index (κ3) is 1.77. The van der Waals surface area contributed by atoms with Crippen LogP contribution in [0.3, 0.4) is 0 Å². The smallest absolute Gasteiger partial charge is 0.258 e. The molecule has 0 amide bonds. The van der Waals surface area contributed by atoms with Gasteiger partial charge in [0.05, 0.1) is 4.88 Å². The molecule has 4 rings (SSSR count). The van der Waals surface area contributed by atoms with Gasteiger partial charge in [-0.05, 0) is 29.6 Å². The molecule has 0 atom stereocenters. The Labute approximate surface area is 112 Å². The zero-order chi connectivity index (χ0) is 12.7. The Morgan fingerprint density at radius 1 is 1.00 bits per heavy atom. The topological polar surface area (TPSA) is 57.4 Å². The quantitative estimate of drug-likeness (QED) is 0.717. The number of thiophene rings is 1. The highest BCUT2D eigenvalue weighted by Gasteiger charge is 2.17. The second kappa shape index (κ2) is 4.10. The van der Waals surface area contributed by atoms with Crippen molar-refractivity contribution in [2.45, 2.75) is 0 Å². The largest absolute Gasteiger partial charge is 0.454 e. The first-order chi connectivity index (χ1) is 9.40. The SMILES string of the molecule is c1csc(-c2nnc(-c3ccc4c(c3)OCO4)o2)c1. The highest BCUT2D eigenvalue weighted by Crippen LogP contribution is 2.36. The van der Waals surface area contributed by atoms with E-state index in [2.05, 4.69) is 10.2 Å². The molecule has 0 unspecified atom stereocenters. The zero-order valence-corrected chi connectivity index (χ0v) is 10.5. The summed E-state index contributed by atoms with van der Waals surface area (Å²) in [5, 5.41) is 10.1. The first kappa shape index (κ1) is 10.6. The molecule has 0 spiro atoms. The van der Waals surface area contributed by atoms with Crippen LogP contribution in [-0.4, -0.2) is 17.0 Å². The minimum absolute atomic E-state index is 0.253. The molecule has 0 N–H and O–H groups in total. The Hall–Kier alpha value is -2.34. The van der Waals surface area contributed by atoms with Crippen LogP contribution in [0.2, 0.25) is 0 Å². The summed E-state index contributed by atoms with van der Waals surface area (Å²) in [6.45, 7) is 0.253. The molecule has 1 aliphatic rings. The minimum Gasteiger partial charge on any atom is -0.454 e. The van der Waals surface area contributed by atoms with Gasteiger partial charge >= 0.3 is 0 Å². The molecule has 5 nitrogen and oxygen atoms in total. The average Bonchev–Trinajstić information content (AvgIpc) is 3.18. The van der Waals surface area contributed by atoms with Crippen molar-refractivity contribution in [3.05, 3.63) is 35.7 Å². The highest BCUT2D eigenvalue weighted by atomic mass is 32.1. The maximum Gasteiger partial charge on any atom is 0.258 e. The average molecular weight is 272 g/mol. The third-order valence-corrected chi connectivity index (χ3v) is 3.63. The molecule has 0 radical (unpaired) electrons. The highest BCUT2D eigenvalue weighted by molar-refractivity contribution is 7.13. The molecule has 3 aromatic rings. The lowest BCUT2D eigenvalue weighted by Gasteiger charge is -1.97. The molecule has 0 bridgehead atoms. The van der Waals surface area contributed by atoms with Gasteiger partial charge in [0.2, 0.25) is 12.7 Å². The number of nitrogens with zero attached hydrogens (tertiary/aromatic N) is 2. The number of rotatable bonds is 2. The first-order valence-corrected chi connectivity index (χ1v) is 6.55. The van der Waals surface area contributed by atoms with Gasteiger partial charge in [-0.2, -0.15) is 0 Å². The van der Waals surface area contributed by atoms with Gasteiger partial charge in [-0.1, -0.05) is 6.07 Å². The molecule has 6 heteroatoms. The molecule has 19 heavy (non-hydrogen) atoms. The molecule has 0 fully saturated rings. The lowest BCUT2D eigenvalue weighted by atomic mass is 10.2. The lowest BCUT2D eigenvalue weighted by molar-refractivity contribution is 0.174. The molecule has 0 saturated carbocycles. The fraction of sp³-hybridized carbons (Fsp3) is 0.0769. The van der Waals surface area contributed by atoms with Crippen molar-refractivity contribution in [3.63, 3.8) is 0 Å².